The highest BCUT2D eigenvalue weighted by molar-refractivity contribution is 5.77. The van der Waals surface area contributed by atoms with Crippen LogP contribution in [-0.2, 0) is 22.4 Å². The molecule has 4 heteroatoms. The molecule has 1 aliphatic carbocycles. The fraction of sp³-hybridized carbons (Fsp3) is 0.704. The molecule has 0 heterocycles. The summed E-state index contributed by atoms with van der Waals surface area (Å²) in [6, 6.07) is 2.33. The molecule has 1 saturated carbocycles. The van der Waals surface area contributed by atoms with Gasteiger partial charge in [-0.05, 0) is 114 Å². The minimum absolute atomic E-state index is 0.387. The summed E-state index contributed by atoms with van der Waals surface area (Å²) in [7, 11) is 0. The van der Waals surface area contributed by atoms with Gasteiger partial charge in [-0.2, -0.15) is 0 Å². The highest BCUT2D eigenvalue weighted by Gasteiger charge is 2.49. The molecule has 0 atom stereocenters. The number of carboxylic acid groups (broad SMARTS) is 2. The van der Waals surface area contributed by atoms with Crippen molar-refractivity contribution in [2.75, 3.05) is 0 Å². The molecule has 31 heavy (non-hydrogen) atoms. The van der Waals surface area contributed by atoms with Crippen LogP contribution in [-0.4, -0.2) is 22.2 Å². The van der Waals surface area contributed by atoms with Gasteiger partial charge in [0.05, 0.1) is 10.8 Å². The van der Waals surface area contributed by atoms with Crippen molar-refractivity contribution in [3.05, 3.63) is 33.9 Å². The van der Waals surface area contributed by atoms with E-state index in [-0.39, 0.29) is 5.41 Å². The summed E-state index contributed by atoms with van der Waals surface area (Å²) >= 11 is 0. The van der Waals surface area contributed by atoms with Gasteiger partial charge in [0.25, 0.3) is 0 Å². The summed E-state index contributed by atoms with van der Waals surface area (Å²) < 4.78 is 0. The van der Waals surface area contributed by atoms with Crippen LogP contribution in [0.4, 0.5) is 0 Å². The SMILES string of the molecule is Cc1cc(CCCCCC(C)(C)C(=O)O)c(C)c(CCCCCC2(C(=O)O)CC2)c1C. The van der Waals surface area contributed by atoms with E-state index >= 15 is 0 Å². The zero-order valence-electron chi connectivity index (χ0n) is 20.3. The second-order valence-electron chi connectivity index (χ2n) is 10.5. The molecule has 0 bridgehead atoms. The Hall–Kier alpha value is -1.84. The summed E-state index contributed by atoms with van der Waals surface area (Å²) in [5, 5.41) is 18.6. The zero-order chi connectivity index (χ0) is 23.2. The Balaban J connectivity index is 1.83. The highest BCUT2D eigenvalue weighted by atomic mass is 16.4. The van der Waals surface area contributed by atoms with Crippen LogP contribution in [0, 0.1) is 31.6 Å². The maximum Gasteiger partial charge on any atom is 0.309 e. The molecule has 1 aromatic carbocycles. The Morgan fingerprint density at radius 3 is 2.10 bits per heavy atom. The van der Waals surface area contributed by atoms with E-state index in [2.05, 4.69) is 26.8 Å². The number of rotatable bonds is 14. The average molecular weight is 431 g/mol. The van der Waals surface area contributed by atoms with E-state index in [9.17, 15) is 19.8 Å². The second-order valence-corrected chi connectivity index (χ2v) is 10.5. The number of carboxylic acids is 2. The molecule has 1 fully saturated rings. The summed E-state index contributed by atoms with van der Waals surface area (Å²) in [5.41, 5.74) is 6.05. The van der Waals surface area contributed by atoms with Gasteiger partial charge in [0, 0.05) is 0 Å². The molecule has 0 aromatic heterocycles. The third-order valence-corrected chi connectivity index (χ3v) is 7.59. The lowest BCUT2D eigenvalue weighted by molar-refractivity contribution is -0.147. The highest BCUT2D eigenvalue weighted by Crippen LogP contribution is 2.50. The van der Waals surface area contributed by atoms with Gasteiger partial charge in [0.1, 0.15) is 0 Å². The molecular weight excluding hydrogens is 388 g/mol. The van der Waals surface area contributed by atoms with Crippen LogP contribution in [0.1, 0.15) is 106 Å². The average Bonchev–Trinajstić information content (AvgIpc) is 3.48. The van der Waals surface area contributed by atoms with Crippen molar-refractivity contribution >= 4 is 11.9 Å². The number of hydrogen-bond donors (Lipinski definition) is 2. The number of hydrogen-bond acceptors (Lipinski definition) is 2. The van der Waals surface area contributed by atoms with Crippen molar-refractivity contribution in [3.63, 3.8) is 0 Å². The molecule has 2 N–H and O–H groups in total. The summed E-state index contributed by atoms with van der Waals surface area (Å²) in [6.45, 7) is 10.3. The van der Waals surface area contributed by atoms with Crippen LogP contribution < -0.4 is 0 Å². The lowest BCUT2D eigenvalue weighted by Gasteiger charge is -2.19. The van der Waals surface area contributed by atoms with Gasteiger partial charge in [0.15, 0.2) is 0 Å². The Kier molecular flexibility index (Phi) is 8.73. The molecule has 1 aromatic rings. The van der Waals surface area contributed by atoms with E-state index in [0.717, 1.165) is 77.0 Å². The van der Waals surface area contributed by atoms with E-state index in [1.807, 2.05) is 0 Å². The van der Waals surface area contributed by atoms with Gasteiger partial charge in [-0.25, -0.2) is 0 Å². The minimum atomic E-state index is -0.711. The number of unbranched alkanes of at least 4 members (excludes halogenated alkanes) is 4. The lowest BCUT2D eigenvalue weighted by Crippen LogP contribution is -2.23. The third-order valence-electron chi connectivity index (χ3n) is 7.59. The Labute approximate surface area is 188 Å². The predicted octanol–water partition coefficient (Wildman–Crippen LogP) is 6.79. The predicted molar refractivity (Wildman–Crippen MR) is 126 cm³/mol. The maximum absolute atomic E-state index is 11.3. The van der Waals surface area contributed by atoms with Crippen LogP contribution >= 0.6 is 0 Å². The van der Waals surface area contributed by atoms with Crippen molar-refractivity contribution in [2.24, 2.45) is 10.8 Å². The molecule has 0 spiro atoms. The Morgan fingerprint density at radius 1 is 0.903 bits per heavy atom. The van der Waals surface area contributed by atoms with Crippen molar-refractivity contribution in [3.8, 4) is 0 Å². The van der Waals surface area contributed by atoms with Gasteiger partial charge in [-0.15, -0.1) is 0 Å². The zero-order valence-corrected chi connectivity index (χ0v) is 20.3. The van der Waals surface area contributed by atoms with Crippen molar-refractivity contribution in [1.29, 1.82) is 0 Å². The van der Waals surface area contributed by atoms with Crippen molar-refractivity contribution in [2.45, 2.75) is 112 Å². The topological polar surface area (TPSA) is 74.6 Å². The van der Waals surface area contributed by atoms with Crippen LogP contribution in [0.3, 0.4) is 0 Å². The van der Waals surface area contributed by atoms with Crippen LogP contribution in [0.15, 0.2) is 6.07 Å². The molecular formula is C27H42O4. The Morgan fingerprint density at radius 2 is 1.52 bits per heavy atom. The molecule has 174 valence electrons. The molecule has 4 nitrogen and oxygen atoms in total. The largest absolute Gasteiger partial charge is 0.481 e. The first-order chi connectivity index (χ1) is 14.5. The van der Waals surface area contributed by atoms with Gasteiger partial charge >= 0.3 is 11.9 Å². The second kappa shape index (κ2) is 10.7. The fourth-order valence-electron chi connectivity index (χ4n) is 4.66. The Bertz CT molecular complexity index is 787. The first-order valence-electron chi connectivity index (χ1n) is 12.1. The number of aryl methyl sites for hydroxylation is 2. The number of carbonyl (C=O) groups is 2. The van der Waals surface area contributed by atoms with Crippen LogP contribution in [0.2, 0.25) is 0 Å². The van der Waals surface area contributed by atoms with Gasteiger partial charge in [-0.3, -0.25) is 9.59 Å². The summed E-state index contributed by atoms with van der Waals surface area (Å²) in [5.74, 6) is -1.31. The number of benzene rings is 1. The van der Waals surface area contributed by atoms with E-state index in [4.69, 9.17) is 0 Å². The molecule has 0 saturated heterocycles. The summed E-state index contributed by atoms with van der Waals surface area (Å²) in [6.07, 6.45) is 11.7. The molecule has 1 aliphatic rings. The normalized spacial score (nSPS) is 15.1. The molecule has 2 rings (SSSR count). The van der Waals surface area contributed by atoms with E-state index in [0.29, 0.717) is 0 Å². The van der Waals surface area contributed by atoms with Gasteiger partial charge < -0.3 is 10.2 Å². The van der Waals surface area contributed by atoms with E-state index in [1.54, 1.807) is 13.8 Å². The molecule has 0 amide bonds. The molecule has 0 radical (unpaired) electrons. The smallest absolute Gasteiger partial charge is 0.309 e. The minimum Gasteiger partial charge on any atom is -0.481 e. The van der Waals surface area contributed by atoms with Crippen LogP contribution in [0.5, 0.6) is 0 Å². The molecule has 0 unspecified atom stereocenters. The quantitative estimate of drug-likeness (QED) is 0.319. The van der Waals surface area contributed by atoms with Crippen molar-refractivity contribution in [1.82, 2.24) is 0 Å². The molecule has 0 aliphatic heterocycles. The fourth-order valence-corrected chi connectivity index (χ4v) is 4.66. The third kappa shape index (κ3) is 6.82. The first-order valence-corrected chi connectivity index (χ1v) is 12.1. The van der Waals surface area contributed by atoms with Gasteiger partial charge in [-0.1, -0.05) is 31.7 Å². The maximum atomic E-state index is 11.3. The standard InChI is InChI=1S/C27H42O4/c1-19-18-22(12-8-6-10-14-26(4,5)24(28)29)21(3)23(20(19)2)13-9-7-11-15-27(16-17-27)25(30)31/h18H,6-17H2,1-5H3,(H,28,29)(H,30,31). The number of aliphatic carboxylic acids is 2. The van der Waals surface area contributed by atoms with Crippen LogP contribution in [0.25, 0.3) is 0 Å². The van der Waals surface area contributed by atoms with E-state index < -0.39 is 17.4 Å². The van der Waals surface area contributed by atoms with Gasteiger partial charge in [0.2, 0.25) is 0 Å². The lowest BCUT2D eigenvalue weighted by atomic mass is 9.86. The van der Waals surface area contributed by atoms with Crippen molar-refractivity contribution < 1.29 is 19.8 Å². The first kappa shape index (κ1) is 25.4. The van der Waals surface area contributed by atoms with E-state index in [1.165, 1.54) is 27.8 Å². The summed E-state index contributed by atoms with van der Waals surface area (Å²) in [4.78, 5) is 22.6. The monoisotopic (exact) mass is 430 g/mol.